The minimum Gasteiger partial charge on any atom is -0.479 e. The van der Waals surface area contributed by atoms with Crippen LogP contribution in [0.1, 0.15) is 13.8 Å². The van der Waals surface area contributed by atoms with Gasteiger partial charge in [0.15, 0.2) is 23.7 Å². The molecule has 2 aromatic rings. The molecule has 1 aliphatic heterocycles. The molecule has 0 fully saturated rings. The van der Waals surface area contributed by atoms with Crippen LogP contribution in [0.4, 0.5) is 5.69 Å². The van der Waals surface area contributed by atoms with E-state index in [9.17, 15) is 9.59 Å². The zero-order valence-corrected chi connectivity index (χ0v) is 14.4. The molecular weight excluding hydrogens is 338 g/mol. The highest BCUT2D eigenvalue weighted by molar-refractivity contribution is 5.95. The molecule has 0 bridgehead atoms. The van der Waals surface area contributed by atoms with Crippen LogP contribution >= 0.6 is 0 Å². The molecule has 0 saturated heterocycles. The van der Waals surface area contributed by atoms with Crippen molar-refractivity contribution in [3.05, 3.63) is 48.5 Å². The van der Waals surface area contributed by atoms with E-state index < -0.39 is 24.1 Å². The molecule has 0 saturated carbocycles. The van der Waals surface area contributed by atoms with Crippen LogP contribution in [0.25, 0.3) is 0 Å². The number of benzene rings is 2. The molecule has 0 aromatic heterocycles. The highest BCUT2D eigenvalue weighted by atomic mass is 16.7. The van der Waals surface area contributed by atoms with E-state index in [1.807, 2.05) is 6.07 Å². The quantitative estimate of drug-likeness (QED) is 0.801. The van der Waals surface area contributed by atoms with Gasteiger partial charge in [-0.2, -0.15) is 0 Å². The number of hydrogen-bond acceptors (Lipinski definition) is 6. The van der Waals surface area contributed by atoms with Gasteiger partial charge in [0, 0.05) is 11.8 Å². The SMILES string of the molecule is C[C@H](OC(=O)[C@H](C)Oc1ccccc1)C(=O)Nc1ccc2c(c1)OCO2. The van der Waals surface area contributed by atoms with E-state index >= 15 is 0 Å². The highest BCUT2D eigenvalue weighted by Gasteiger charge is 2.24. The van der Waals surface area contributed by atoms with Crippen molar-refractivity contribution >= 4 is 17.6 Å². The number of anilines is 1. The van der Waals surface area contributed by atoms with Gasteiger partial charge in [-0.15, -0.1) is 0 Å². The Labute approximate surface area is 150 Å². The third kappa shape index (κ3) is 4.24. The standard InChI is InChI=1S/C19H19NO6/c1-12(26-19(22)13(2)25-15-6-4-3-5-7-15)18(21)20-14-8-9-16-17(10-14)24-11-23-16/h3-10,12-13H,11H2,1-2H3,(H,20,21)/t12-,13-/m0/s1. The van der Waals surface area contributed by atoms with Crippen molar-refractivity contribution in [2.75, 3.05) is 12.1 Å². The summed E-state index contributed by atoms with van der Waals surface area (Å²) in [7, 11) is 0. The van der Waals surface area contributed by atoms with Gasteiger partial charge >= 0.3 is 5.97 Å². The molecular formula is C19H19NO6. The van der Waals surface area contributed by atoms with E-state index in [0.29, 0.717) is 22.9 Å². The number of rotatable bonds is 6. The van der Waals surface area contributed by atoms with E-state index in [-0.39, 0.29) is 6.79 Å². The first-order valence-corrected chi connectivity index (χ1v) is 8.15. The lowest BCUT2D eigenvalue weighted by atomic mass is 10.2. The van der Waals surface area contributed by atoms with Gasteiger partial charge in [0.2, 0.25) is 6.79 Å². The summed E-state index contributed by atoms with van der Waals surface area (Å²) in [5.41, 5.74) is 0.524. The lowest BCUT2D eigenvalue weighted by Gasteiger charge is -2.17. The number of fused-ring (bicyclic) bond motifs is 1. The van der Waals surface area contributed by atoms with Crippen LogP contribution in [-0.4, -0.2) is 30.9 Å². The first-order chi connectivity index (χ1) is 12.5. The van der Waals surface area contributed by atoms with E-state index in [1.54, 1.807) is 49.4 Å². The molecule has 1 heterocycles. The van der Waals surface area contributed by atoms with Gasteiger partial charge in [-0.25, -0.2) is 4.79 Å². The summed E-state index contributed by atoms with van der Waals surface area (Å²) in [6.45, 7) is 3.22. The highest BCUT2D eigenvalue weighted by Crippen LogP contribution is 2.34. The Bertz CT molecular complexity index is 792. The lowest BCUT2D eigenvalue weighted by molar-refractivity contribution is -0.159. The molecule has 2 atom stereocenters. The first kappa shape index (κ1) is 17.6. The van der Waals surface area contributed by atoms with Crippen molar-refractivity contribution in [1.29, 1.82) is 0 Å². The fourth-order valence-corrected chi connectivity index (χ4v) is 2.29. The van der Waals surface area contributed by atoms with E-state index in [2.05, 4.69) is 5.32 Å². The number of amides is 1. The van der Waals surface area contributed by atoms with Crippen LogP contribution in [0, 0.1) is 0 Å². The maximum absolute atomic E-state index is 12.2. The topological polar surface area (TPSA) is 83.1 Å². The third-order valence-corrected chi connectivity index (χ3v) is 3.69. The van der Waals surface area contributed by atoms with Crippen LogP contribution < -0.4 is 19.5 Å². The van der Waals surface area contributed by atoms with Gasteiger partial charge in [0.1, 0.15) is 5.75 Å². The van der Waals surface area contributed by atoms with E-state index in [0.717, 1.165) is 0 Å². The summed E-state index contributed by atoms with van der Waals surface area (Å²) < 4.78 is 21.1. The molecule has 2 aromatic carbocycles. The molecule has 7 nitrogen and oxygen atoms in total. The Morgan fingerprint density at radius 3 is 2.50 bits per heavy atom. The molecule has 136 valence electrons. The summed E-state index contributed by atoms with van der Waals surface area (Å²) >= 11 is 0. The first-order valence-electron chi connectivity index (χ1n) is 8.15. The van der Waals surface area contributed by atoms with Gasteiger partial charge < -0.3 is 24.3 Å². The zero-order chi connectivity index (χ0) is 18.5. The van der Waals surface area contributed by atoms with Crippen molar-refractivity contribution in [1.82, 2.24) is 0 Å². The number of esters is 1. The van der Waals surface area contributed by atoms with Crippen LogP contribution in [0.3, 0.4) is 0 Å². The second-order valence-electron chi connectivity index (χ2n) is 5.71. The van der Waals surface area contributed by atoms with Crippen LogP contribution in [0.2, 0.25) is 0 Å². The Morgan fingerprint density at radius 1 is 1.00 bits per heavy atom. The lowest BCUT2D eigenvalue weighted by Crippen LogP contribution is -2.35. The number of nitrogens with one attached hydrogen (secondary N) is 1. The average molecular weight is 357 g/mol. The monoisotopic (exact) mass is 357 g/mol. The fourth-order valence-electron chi connectivity index (χ4n) is 2.29. The summed E-state index contributed by atoms with van der Waals surface area (Å²) in [6.07, 6.45) is -1.81. The molecule has 1 aliphatic rings. The van der Waals surface area contributed by atoms with E-state index in [1.165, 1.54) is 6.92 Å². The zero-order valence-electron chi connectivity index (χ0n) is 14.4. The third-order valence-electron chi connectivity index (χ3n) is 3.69. The maximum atomic E-state index is 12.2. The van der Waals surface area contributed by atoms with Gasteiger partial charge in [-0.1, -0.05) is 18.2 Å². The van der Waals surface area contributed by atoms with E-state index in [4.69, 9.17) is 18.9 Å². The summed E-state index contributed by atoms with van der Waals surface area (Å²) in [4.78, 5) is 24.3. The maximum Gasteiger partial charge on any atom is 0.347 e. The molecule has 1 amide bonds. The van der Waals surface area contributed by atoms with Crippen molar-refractivity contribution in [2.45, 2.75) is 26.1 Å². The molecule has 0 unspecified atom stereocenters. The largest absolute Gasteiger partial charge is 0.479 e. The number of ether oxygens (including phenoxy) is 4. The predicted octanol–water partition coefficient (Wildman–Crippen LogP) is 2.75. The molecule has 3 rings (SSSR count). The minimum atomic E-state index is -0.977. The summed E-state index contributed by atoms with van der Waals surface area (Å²) in [6, 6.07) is 13.9. The summed E-state index contributed by atoms with van der Waals surface area (Å²) in [5, 5.41) is 2.67. The smallest absolute Gasteiger partial charge is 0.347 e. The molecule has 0 radical (unpaired) electrons. The van der Waals surface area contributed by atoms with Crippen molar-refractivity contribution in [3.63, 3.8) is 0 Å². The molecule has 0 aliphatic carbocycles. The average Bonchev–Trinajstić information content (AvgIpc) is 3.10. The molecule has 1 N–H and O–H groups in total. The normalized spacial score (nSPS) is 14.2. The van der Waals surface area contributed by atoms with Gasteiger partial charge in [0.25, 0.3) is 5.91 Å². The van der Waals surface area contributed by atoms with Crippen LogP contribution in [0.15, 0.2) is 48.5 Å². The number of para-hydroxylation sites is 1. The Balaban J connectivity index is 1.52. The van der Waals surface area contributed by atoms with Gasteiger partial charge in [-0.3, -0.25) is 4.79 Å². The van der Waals surface area contributed by atoms with Crippen molar-refractivity contribution in [2.24, 2.45) is 0 Å². The second kappa shape index (κ2) is 7.77. The Morgan fingerprint density at radius 2 is 1.73 bits per heavy atom. The minimum absolute atomic E-state index is 0.153. The molecule has 0 spiro atoms. The van der Waals surface area contributed by atoms with Gasteiger partial charge in [-0.05, 0) is 38.1 Å². The van der Waals surface area contributed by atoms with Crippen LogP contribution in [-0.2, 0) is 14.3 Å². The second-order valence-corrected chi connectivity index (χ2v) is 5.71. The van der Waals surface area contributed by atoms with Gasteiger partial charge in [0.05, 0.1) is 0 Å². The predicted molar refractivity (Wildman–Crippen MR) is 93.3 cm³/mol. The van der Waals surface area contributed by atoms with Crippen LogP contribution in [0.5, 0.6) is 17.2 Å². The Kier molecular flexibility index (Phi) is 5.26. The van der Waals surface area contributed by atoms with Crippen molar-refractivity contribution < 1.29 is 28.5 Å². The molecule has 26 heavy (non-hydrogen) atoms. The number of hydrogen-bond donors (Lipinski definition) is 1. The number of carbonyl (C=O) groups excluding carboxylic acids is 2. The fraction of sp³-hybridized carbons (Fsp3) is 0.263. The Hall–Kier alpha value is -3.22. The van der Waals surface area contributed by atoms with Crippen molar-refractivity contribution in [3.8, 4) is 17.2 Å². The molecule has 7 heteroatoms. The summed E-state index contributed by atoms with van der Waals surface area (Å²) in [5.74, 6) is 0.646. The number of carbonyl (C=O) groups is 2.